The van der Waals surface area contributed by atoms with Gasteiger partial charge >= 0.3 is 0 Å². The van der Waals surface area contributed by atoms with Gasteiger partial charge in [-0.15, -0.1) is 6.42 Å². The number of rotatable bonds is 24. The van der Waals surface area contributed by atoms with Crippen molar-refractivity contribution in [1.29, 1.82) is 0 Å². The second kappa shape index (κ2) is 38.4. The van der Waals surface area contributed by atoms with Crippen molar-refractivity contribution in [2.45, 2.75) is 146 Å². The number of nitrogens with two attached hydrogens (primary N) is 1. The normalized spacial score (nSPS) is 17.4. The minimum absolute atomic E-state index is 0.0205. The van der Waals surface area contributed by atoms with Gasteiger partial charge in [0.25, 0.3) is 0 Å². The number of thioether (sulfide) groups is 1. The molecule has 332 valence electrons. The third-order valence-electron chi connectivity index (χ3n) is 9.33. The largest absolute Gasteiger partial charge is 0.390 e. The zero-order chi connectivity index (χ0) is 46.9. The Labute approximate surface area is 385 Å². The van der Waals surface area contributed by atoms with Crippen LogP contribution in [0.15, 0.2) is 0 Å². The summed E-state index contributed by atoms with van der Waals surface area (Å²) in [6.07, 6.45) is 11.1. The average Bonchev–Trinajstić information content (AvgIpc) is 3.28. The highest BCUT2D eigenvalue weighted by molar-refractivity contribution is 7.99. The minimum Gasteiger partial charge on any atom is -0.390 e. The number of aliphatic hydroxyl groups is 5. The number of aliphatic hydroxyl groups excluding tert-OH is 5. The summed E-state index contributed by atoms with van der Waals surface area (Å²) in [6.45, 7) is 1.89. The number of primary amides is 1. The van der Waals surface area contributed by atoms with Gasteiger partial charge in [-0.05, 0) is 119 Å². The molecular weight excluding hydrogens is 825 g/mol. The molecule has 8 atom stereocenters. The smallest absolute Gasteiger partial charge is 0.232 e. The van der Waals surface area contributed by atoms with Gasteiger partial charge < -0.3 is 41.3 Å². The monoisotopic (exact) mass is 880 g/mol. The van der Waals surface area contributed by atoms with Crippen molar-refractivity contribution in [1.82, 2.24) is 5.32 Å². The molecule has 0 radical (unpaired) electrons. The van der Waals surface area contributed by atoms with Gasteiger partial charge in [0, 0.05) is 35.5 Å². The molecule has 1 aliphatic carbocycles. The lowest BCUT2D eigenvalue weighted by atomic mass is 9.81. The van der Waals surface area contributed by atoms with Gasteiger partial charge in [-0.2, -0.15) is 11.8 Å². The first-order chi connectivity index (χ1) is 31.1. The molecule has 1 saturated carbocycles. The molecule has 1 aliphatic rings. The number of carbonyl (C=O) groups excluding carboxylic acids is 2. The van der Waals surface area contributed by atoms with Crippen LogP contribution in [0.3, 0.4) is 0 Å². The van der Waals surface area contributed by atoms with E-state index in [1.807, 2.05) is 0 Å². The molecule has 0 saturated heterocycles. The molecule has 1 rings (SSSR count). The Morgan fingerprint density at radius 1 is 0.656 bits per heavy atom. The minimum atomic E-state index is -1.53. The van der Waals surface area contributed by atoms with Crippen LogP contribution < -0.4 is 11.1 Å². The summed E-state index contributed by atoms with van der Waals surface area (Å²) in [7, 11) is 0. The Balaban J connectivity index is 2.79. The molecule has 0 aromatic carbocycles. The first-order valence-electron chi connectivity index (χ1n) is 21.2. The lowest BCUT2D eigenvalue weighted by Crippen LogP contribution is -2.57. The molecule has 1 fully saturated rings. The molecule has 0 aromatic rings. The van der Waals surface area contributed by atoms with Crippen LogP contribution in [0.1, 0.15) is 103 Å². The fourth-order valence-electron chi connectivity index (χ4n) is 6.06. The summed E-state index contributed by atoms with van der Waals surface area (Å²) in [5.74, 6) is 55.3. The molecule has 0 aromatic heterocycles. The maximum atomic E-state index is 12.9. The van der Waals surface area contributed by atoms with Crippen LogP contribution in [0.5, 0.6) is 0 Å². The highest BCUT2D eigenvalue weighted by Gasteiger charge is 2.43. The standard InChI is InChI=1S/C53H56N2O8S/c1-3-5-7-9-11-13-15-17-18-19-20-21-22-23-24-25-26-27-29-31-33-35-37-39-49(58)55-45(41-63-47-40-44(42-64-43-48(54)57)50(59)53(62)52(47)61)51(60)46(56)38-36-34-32-30-28-16-14-12-10-8-6-4-2/h1,44-47,50-53,56,59-62H,4,6,8,10,12,14,16,28,30,32,34,36,38-43H2,2H3,(H2,54,57)(H,55,58)/t44?,45-,46+,47-,50-,51-,52?,53-/m0/s1. The van der Waals surface area contributed by atoms with E-state index < -0.39 is 60.4 Å². The summed E-state index contributed by atoms with van der Waals surface area (Å²) in [5.41, 5.74) is 5.23. The van der Waals surface area contributed by atoms with E-state index in [0.717, 1.165) is 19.3 Å². The Hall–Kier alpha value is -6.23. The predicted molar refractivity (Wildman–Crippen MR) is 251 cm³/mol. The molecule has 0 spiro atoms. The summed E-state index contributed by atoms with van der Waals surface area (Å²) < 4.78 is 5.95. The summed E-state index contributed by atoms with van der Waals surface area (Å²) in [4.78, 5) is 24.1. The first-order valence-corrected chi connectivity index (χ1v) is 22.4. The van der Waals surface area contributed by atoms with Gasteiger partial charge in [-0.25, -0.2) is 0 Å². The molecular formula is C53H56N2O8S. The molecule has 8 N–H and O–H groups in total. The van der Waals surface area contributed by atoms with Gasteiger partial charge in [-0.3, -0.25) is 9.59 Å². The summed E-state index contributed by atoms with van der Waals surface area (Å²) in [5, 5.41) is 56.6. The van der Waals surface area contributed by atoms with Gasteiger partial charge in [-0.1, -0.05) is 89.9 Å². The van der Waals surface area contributed by atoms with E-state index in [0.29, 0.717) is 12.8 Å². The van der Waals surface area contributed by atoms with Crippen LogP contribution in [0.2, 0.25) is 0 Å². The number of hydrogen-bond donors (Lipinski definition) is 7. The number of carbonyl (C=O) groups is 2. The van der Waals surface area contributed by atoms with E-state index in [-0.39, 0.29) is 31.0 Å². The molecule has 2 amide bonds. The van der Waals surface area contributed by atoms with Gasteiger partial charge in [0.1, 0.15) is 18.3 Å². The fraction of sp³-hybridized carbons (Fsp3) is 0.509. The van der Waals surface area contributed by atoms with E-state index in [2.05, 4.69) is 148 Å². The van der Waals surface area contributed by atoms with Crippen LogP contribution in [-0.4, -0.2) is 98.1 Å². The number of unbranched alkanes of at least 4 members (excludes halogenated alkanes) is 11. The van der Waals surface area contributed by atoms with Crippen molar-refractivity contribution in [3.8, 4) is 143 Å². The second-order valence-corrected chi connectivity index (χ2v) is 15.4. The fourth-order valence-corrected chi connectivity index (χ4v) is 7.02. The Morgan fingerprint density at radius 3 is 1.55 bits per heavy atom. The maximum absolute atomic E-state index is 12.9. The third kappa shape index (κ3) is 29.1. The van der Waals surface area contributed by atoms with Crippen LogP contribution in [0, 0.1) is 149 Å². The molecule has 2 unspecified atom stereocenters. The zero-order valence-electron chi connectivity index (χ0n) is 36.4. The third-order valence-corrected chi connectivity index (χ3v) is 10.5. The highest BCUT2D eigenvalue weighted by Crippen LogP contribution is 2.30. The lowest BCUT2D eigenvalue weighted by Gasteiger charge is -2.41. The van der Waals surface area contributed by atoms with E-state index >= 15 is 0 Å². The molecule has 0 heterocycles. The maximum Gasteiger partial charge on any atom is 0.232 e. The van der Waals surface area contributed by atoms with Crippen molar-refractivity contribution in [3.63, 3.8) is 0 Å². The van der Waals surface area contributed by atoms with Crippen molar-refractivity contribution in [3.05, 3.63) is 0 Å². The first kappa shape index (κ1) is 55.8. The Kier molecular flexibility index (Phi) is 33.5. The van der Waals surface area contributed by atoms with Crippen molar-refractivity contribution in [2.75, 3.05) is 18.1 Å². The number of hydrogen-bond acceptors (Lipinski definition) is 9. The lowest BCUT2D eigenvalue weighted by molar-refractivity contribution is -0.174. The number of terminal acetylenes is 1. The van der Waals surface area contributed by atoms with Gasteiger partial charge in [0.15, 0.2) is 0 Å². The van der Waals surface area contributed by atoms with Crippen molar-refractivity contribution < 1.29 is 39.9 Å². The Morgan fingerprint density at radius 2 is 1.09 bits per heavy atom. The van der Waals surface area contributed by atoms with Crippen molar-refractivity contribution in [2.24, 2.45) is 11.7 Å². The van der Waals surface area contributed by atoms with Gasteiger partial charge in [0.2, 0.25) is 11.8 Å². The SMILES string of the molecule is C#CC#CC#CC#CC#CC#CC#CC#CC#CC#CC#CC#CCC(=O)N[C@@H](CO[C@H]1CC(CSCC(N)=O)[C@H](O)[C@H](O)C1O)[C@H](O)[C@H](O)CCCCCCCCCCCCCC. The van der Waals surface area contributed by atoms with E-state index in [9.17, 15) is 35.1 Å². The quantitative estimate of drug-likeness (QED) is 0.0564. The summed E-state index contributed by atoms with van der Waals surface area (Å²) in [6, 6.07) is -1.10. The van der Waals surface area contributed by atoms with Gasteiger partial charge in [0.05, 0.1) is 43.1 Å². The zero-order valence-corrected chi connectivity index (χ0v) is 37.2. The molecule has 11 heteroatoms. The molecule has 0 bridgehead atoms. The van der Waals surface area contributed by atoms with Crippen LogP contribution in [0.4, 0.5) is 0 Å². The average molecular weight is 881 g/mol. The number of amides is 2. The predicted octanol–water partition coefficient (Wildman–Crippen LogP) is 2.05. The molecule has 10 nitrogen and oxygen atoms in total. The number of nitrogens with one attached hydrogen (secondary N) is 1. The van der Waals surface area contributed by atoms with E-state index in [1.165, 1.54) is 63.1 Å². The van der Waals surface area contributed by atoms with Crippen molar-refractivity contribution >= 4 is 23.6 Å². The molecule has 64 heavy (non-hydrogen) atoms. The van der Waals surface area contributed by atoms with Crippen LogP contribution in [0.25, 0.3) is 0 Å². The molecule has 0 aliphatic heterocycles. The summed E-state index contributed by atoms with van der Waals surface area (Å²) >= 11 is 1.19. The topological polar surface area (TPSA) is 183 Å². The second-order valence-electron chi connectivity index (χ2n) is 14.4. The van der Waals surface area contributed by atoms with Crippen LogP contribution in [-0.2, 0) is 14.3 Å². The van der Waals surface area contributed by atoms with E-state index in [4.69, 9.17) is 16.9 Å². The number of ether oxygens (including phenoxy) is 1. The van der Waals surface area contributed by atoms with E-state index in [1.54, 1.807) is 0 Å². The Bertz CT molecular complexity index is 2260. The highest BCUT2D eigenvalue weighted by atomic mass is 32.2. The van der Waals surface area contributed by atoms with Crippen LogP contribution >= 0.6 is 11.8 Å².